The van der Waals surface area contributed by atoms with Gasteiger partial charge in [-0.05, 0) is 37.1 Å². The van der Waals surface area contributed by atoms with Crippen molar-refractivity contribution in [3.8, 4) is 0 Å². The normalized spacial score (nSPS) is 11.3. The Bertz CT molecular complexity index is 946. The van der Waals surface area contributed by atoms with Crippen molar-refractivity contribution in [2.75, 3.05) is 6.61 Å². The summed E-state index contributed by atoms with van der Waals surface area (Å²) in [4.78, 5) is 27.2. The van der Waals surface area contributed by atoms with E-state index in [1.54, 1.807) is 18.3 Å². The molecule has 3 rings (SSSR count). The molecule has 2 aromatic heterocycles. The highest BCUT2D eigenvalue weighted by molar-refractivity contribution is 6.09. The largest absolute Gasteiger partial charge is 0.462 e. The quantitative estimate of drug-likeness (QED) is 0.418. The molecule has 0 saturated carbocycles. The van der Waals surface area contributed by atoms with E-state index in [0.29, 0.717) is 11.3 Å². The number of aromatic amines is 1. The van der Waals surface area contributed by atoms with Crippen LogP contribution in [0.25, 0.3) is 17.0 Å². The van der Waals surface area contributed by atoms with Crippen LogP contribution >= 0.6 is 0 Å². The summed E-state index contributed by atoms with van der Waals surface area (Å²) in [5.74, 6) is 0.491. The number of carbonyl (C=O) groups excluding carboxylic acids is 2. The summed E-state index contributed by atoms with van der Waals surface area (Å²) in [5, 5.41) is 0.849. The number of ether oxygens (including phenoxy) is 1. The van der Waals surface area contributed by atoms with Crippen molar-refractivity contribution in [2.24, 2.45) is 0 Å². The molecule has 128 valence electrons. The Kier molecular flexibility index (Phi) is 4.84. The first-order valence-electron chi connectivity index (χ1n) is 8.12. The number of fused-ring (bicyclic) bond motifs is 1. The molecule has 25 heavy (non-hydrogen) atoms. The van der Waals surface area contributed by atoms with E-state index in [0.717, 1.165) is 28.6 Å². The number of ketones is 1. The molecule has 0 aliphatic carbocycles. The molecule has 0 aliphatic heterocycles. The summed E-state index contributed by atoms with van der Waals surface area (Å²) in [7, 11) is 0. The molecule has 0 saturated heterocycles. The Morgan fingerprint density at radius 3 is 2.80 bits per heavy atom. The zero-order chi connectivity index (χ0) is 17.8. The van der Waals surface area contributed by atoms with E-state index in [2.05, 4.69) is 11.9 Å². The van der Waals surface area contributed by atoms with Gasteiger partial charge in [-0.25, -0.2) is 4.79 Å². The van der Waals surface area contributed by atoms with Crippen LogP contribution in [0, 0.1) is 6.92 Å². The second-order valence-electron chi connectivity index (χ2n) is 5.71. The Morgan fingerprint density at radius 1 is 1.24 bits per heavy atom. The van der Waals surface area contributed by atoms with Crippen LogP contribution in [-0.2, 0) is 16.0 Å². The number of aromatic nitrogens is 1. The third-order valence-electron chi connectivity index (χ3n) is 3.97. The van der Waals surface area contributed by atoms with E-state index in [-0.39, 0.29) is 12.4 Å². The predicted molar refractivity (Wildman–Crippen MR) is 95.4 cm³/mol. The van der Waals surface area contributed by atoms with Crippen LogP contribution in [0.4, 0.5) is 0 Å². The third-order valence-corrected chi connectivity index (χ3v) is 3.97. The van der Waals surface area contributed by atoms with Gasteiger partial charge in [-0.2, -0.15) is 0 Å². The third kappa shape index (κ3) is 3.71. The Morgan fingerprint density at radius 2 is 2.08 bits per heavy atom. The molecule has 0 aliphatic rings. The van der Waals surface area contributed by atoms with Gasteiger partial charge in [0.25, 0.3) is 0 Å². The lowest BCUT2D eigenvalue weighted by Gasteiger charge is -2.02. The number of hydrogen-bond donors (Lipinski definition) is 1. The SMILES string of the molecule is CCc1cccc2c(C(=O)COC(=O)/C=C/c3ccc(C)o3)c[nH]c12. The fourth-order valence-corrected chi connectivity index (χ4v) is 2.70. The molecule has 3 aromatic rings. The number of H-pyrrole nitrogens is 1. The minimum absolute atomic E-state index is 0.241. The van der Waals surface area contributed by atoms with Gasteiger partial charge in [0.2, 0.25) is 5.78 Å². The van der Waals surface area contributed by atoms with Crippen LogP contribution in [0.5, 0.6) is 0 Å². The predicted octanol–water partition coefficient (Wildman–Crippen LogP) is 4.07. The summed E-state index contributed by atoms with van der Waals surface area (Å²) in [5.41, 5.74) is 2.63. The van der Waals surface area contributed by atoms with E-state index < -0.39 is 5.97 Å². The zero-order valence-corrected chi connectivity index (χ0v) is 14.2. The van der Waals surface area contributed by atoms with Gasteiger partial charge in [0, 0.05) is 28.7 Å². The van der Waals surface area contributed by atoms with Gasteiger partial charge in [0.05, 0.1) is 0 Å². The fourth-order valence-electron chi connectivity index (χ4n) is 2.70. The van der Waals surface area contributed by atoms with Gasteiger partial charge >= 0.3 is 5.97 Å². The molecule has 0 spiro atoms. The number of Topliss-reactive ketones (excluding diaryl/α,β-unsaturated/α-hetero) is 1. The molecule has 0 atom stereocenters. The smallest absolute Gasteiger partial charge is 0.331 e. The molecule has 5 nitrogen and oxygen atoms in total. The van der Waals surface area contributed by atoms with Crippen LogP contribution in [0.15, 0.2) is 47.0 Å². The van der Waals surface area contributed by atoms with Gasteiger partial charge in [0.1, 0.15) is 11.5 Å². The van der Waals surface area contributed by atoms with E-state index >= 15 is 0 Å². The number of rotatable bonds is 6. The van der Waals surface area contributed by atoms with Crippen molar-refractivity contribution in [3.63, 3.8) is 0 Å². The number of nitrogens with one attached hydrogen (secondary N) is 1. The molecule has 0 amide bonds. The number of furan rings is 1. The standard InChI is InChI=1S/C20H19NO4/c1-3-14-5-4-6-16-17(11-21-20(14)16)18(22)12-24-19(23)10-9-15-8-7-13(2)25-15/h4-11,21H,3,12H2,1-2H3/b10-9+. The molecule has 5 heteroatoms. The van der Waals surface area contributed by atoms with Crippen LogP contribution in [0.2, 0.25) is 0 Å². The molecular weight excluding hydrogens is 318 g/mol. The first-order valence-corrected chi connectivity index (χ1v) is 8.12. The van der Waals surface area contributed by atoms with Crippen molar-refractivity contribution < 1.29 is 18.7 Å². The Hall–Kier alpha value is -3.08. The maximum absolute atomic E-state index is 12.4. The molecular formula is C20H19NO4. The summed E-state index contributed by atoms with van der Waals surface area (Å²) in [6.45, 7) is 3.58. The van der Waals surface area contributed by atoms with Gasteiger partial charge in [-0.15, -0.1) is 0 Å². The molecule has 1 aromatic carbocycles. The highest BCUT2D eigenvalue weighted by Gasteiger charge is 2.14. The van der Waals surface area contributed by atoms with Crippen molar-refractivity contribution >= 4 is 28.7 Å². The second kappa shape index (κ2) is 7.21. The first kappa shape index (κ1) is 16.8. The zero-order valence-electron chi connectivity index (χ0n) is 14.2. The number of carbonyl (C=O) groups is 2. The Labute approximate surface area is 145 Å². The highest BCUT2D eigenvalue weighted by atomic mass is 16.5. The summed E-state index contributed by atoms with van der Waals surface area (Å²) >= 11 is 0. The van der Waals surface area contributed by atoms with Crippen LogP contribution < -0.4 is 0 Å². The van der Waals surface area contributed by atoms with Crippen molar-refractivity contribution in [3.05, 3.63) is 65.3 Å². The molecule has 0 bridgehead atoms. The lowest BCUT2D eigenvalue weighted by molar-refractivity contribution is -0.136. The van der Waals surface area contributed by atoms with Crippen LogP contribution in [-0.4, -0.2) is 23.3 Å². The van der Waals surface area contributed by atoms with Crippen LogP contribution in [0.1, 0.15) is 34.4 Å². The summed E-state index contributed by atoms with van der Waals surface area (Å²) in [6.07, 6.45) is 5.30. The second-order valence-corrected chi connectivity index (χ2v) is 5.71. The van der Waals surface area contributed by atoms with E-state index in [1.165, 1.54) is 12.2 Å². The highest BCUT2D eigenvalue weighted by Crippen LogP contribution is 2.22. The Balaban J connectivity index is 1.65. The van der Waals surface area contributed by atoms with Gasteiger partial charge in [-0.1, -0.05) is 25.1 Å². The minimum Gasteiger partial charge on any atom is -0.462 e. The fraction of sp³-hybridized carbons (Fsp3) is 0.200. The van der Waals surface area contributed by atoms with Gasteiger partial charge in [0.15, 0.2) is 6.61 Å². The average Bonchev–Trinajstić information content (AvgIpc) is 3.23. The number of hydrogen-bond acceptors (Lipinski definition) is 4. The van der Waals surface area contributed by atoms with E-state index in [1.807, 2.05) is 25.1 Å². The molecule has 0 unspecified atom stereocenters. The van der Waals surface area contributed by atoms with Crippen LogP contribution in [0.3, 0.4) is 0 Å². The van der Waals surface area contributed by atoms with Gasteiger partial charge < -0.3 is 14.1 Å². The molecule has 0 radical (unpaired) electrons. The lowest BCUT2D eigenvalue weighted by atomic mass is 10.1. The lowest BCUT2D eigenvalue weighted by Crippen LogP contribution is -2.12. The molecule has 2 heterocycles. The van der Waals surface area contributed by atoms with Crippen molar-refractivity contribution in [2.45, 2.75) is 20.3 Å². The number of esters is 1. The van der Waals surface area contributed by atoms with Gasteiger partial charge in [-0.3, -0.25) is 4.79 Å². The van der Waals surface area contributed by atoms with E-state index in [9.17, 15) is 9.59 Å². The summed E-state index contributed by atoms with van der Waals surface area (Å²) in [6, 6.07) is 9.39. The topological polar surface area (TPSA) is 72.3 Å². The number of aryl methyl sites for hydroxylation is 2. The summed E-state index contributed by atoms with van der Waals surface area (Å²) < 4.78 is 10.4. The van der Waals surface area contributed by atoms with Crippen molar-refractivity contribution in [1.82, 2.24) is 4.98 Å². The average molecular weight is 337 g/mol. The van der Waals surface area contributed by atoms with E-state index in [4.69, 9.17) is 9.15 Å². The maximum atomic E-state index is 12.4. The molecule has 0 fully saturated rings. The maximum Gasteiger partial charge on any atom is 0.331 e. The minimum atomic E-state index is -0.587. The van der Waals surface area contributed by atoms with Crippen molar-refractivity contribution in [1.29, 1.82) is 0 Å². The monoisotopic (exact) mass is 337 g/mol. The molecule has 1 N–H and O–H groups in total. The first-order chi connectivity index (χ1) is 12.1. The number of benzene rings is 1. The number of para-hydroxylation sites is 1.